The molecule has 2 aliphatic rings. The lowest BCUT2D eigenvalue weighted by Gasteiger charge is -2.32. The molecule has 3 heterocycles. The van der Waals surface area contributed by atoms with E-state index in [2.05, 4.69) is 20.3 Å². The van der Waals surface area contributed by atoms with Gasteiger partial charge in [-0.15, -0.1) is 0 Å². The van der Waals surface area contributed by atoms with Crippen LogP contribution in [0.15, 0.2) is 36.9 Å². The predicted molar refractivity (Wildman–Crippen MR) is 94.4 cm³/mol. The smallest absolute Gasteiger partial charge is 0.274 e. The van der Waals surface area contributed by atoms with Gasteiger partial charge in [0.1, 0.15) is 5.69 Å². The van der Waals surface area contributed by atoms with Gasteiger partial charge < -0.3 is 10.2 Å². The van der Waals surface area contributed by atoms with Crippen molar-refractivity contribution in [2.24, 2.45) is 5.41 Å². The van der Waals surface area contributed by atoms with E-state index in [9.17, 15) is 9.59 Å². The van der Waals surface area contributed by atoms with Crippen molar-refractivity contribution in [1.29, 1.82) is 0 Å². The number of aromatic nitrogens is 3. The third kappa shape index (κ3) is 3.16. The maximum atomic E-state index is 12.5. The second-order valence-electron chi connectivity index (χ2n) is 7.16. The van der Waals surface area contributed by atoms with Crippen LogP contribution in [0.5, 0.6) is 0 Å². The van der Waals surface area contributed by atoms with Gasteiger partial charge in [0.25, 0.3) is 11.8 Å². The lowest BCUT2D eigenvalue weighted by atomic mass is 9.92. The summed E-state index contributed by atoms with van der Waals surface area (Å²) in [5.74, 6) is -0.118. The molecule has 26 heavy (non-hydrogen) atoms. The van der Waals surface area contributed by atoms with Crippen LogP contribution in [0, 0.1) is 12.3 Å². The molecule has 1 N–H and O–H groups in total. The molecule has 1 spiro atoms. The summed E-state index contributed by atoms with van der Waals surface area (Å²) in [6.45, 7) is 3.23. The molecule has 2 aromatic rings. The Balaban J connectivity index is 1.32. The Morgan fingerprint density at radius 2 is 1.88 bits per heavy atom. The molecule has 1 atom stereocenters. The molecule has 2 amide bonds. The molecule has 7 heteroatoms. The van der Waals surface area contributed by atoms with Crippen LogP contribution in [0.3, 0.4) is 0 Å². The summed E-state index contributed by atoms with van der Waals surface area (Å²) in [4.78, 5) is 38.9. The molecule has 1 saturated heterocycles. The van der Waals surface area contributed by atoms with Gasteiger partial charge in [-0.25, -0.2) is 4.98 Å². The first-order chi connectivity index (χ1) is 12.6. The highest BCUT2D eigenvalue weighted by Gasteiger charge is 2.56. The van der Waals surface area contributed by atoms with Crippen molar-refractivity contribution in [2.45, 2.75) is 32.2 Å². The van der Waals surface area contributed by atoms with Crippen molar-refractivity contribution in [3.05, 3.63) is 53.9 Å². The molecule has 1 aliphatic carbocycles. The number of pyridine rings is 1. The van der Waals surface area contributed by atoms with Gasteiger partial charge >= 0.3 is 0 Å². The van der Waals surface area contributed by atoms with Gasteiger partial charge in [0.05, 0.1) is 11.9 Å². The first-order valence-electron chi connectivity index (χ1n) is 8.86. The van der Waals surface area contributed by atoms with Crippen molar-refractivity contribution in [3.63, 3.8) is 0 Å². The van der Waals surface area contributed by atoms with Gasteiger partial charge in [0, 0.05) is 43.3 Å². The van der Waals surface area contributed by atoms with Crippen LogP contribution >= 0.6 is 0 Å². The lowest BCUT2D eigenvalue weighted by molar-refractivity contribution is 0.0661. The van der Waals surface area contributed by atoms with E-state index in [1.54, 1.807) is 30.7 Å². The zero-order chi connectivity index (χ0) is 18.1. The molecule has 0 bridgehead atoms. The summed E-state index contributed by atoms with van der Waals surface area (Å²) in [6.07, 6.45) is 9.18. The quantitative estimate of drug-likeness (QED) is 0.907. The maximum absolute atomic E-state index is 12.5. The minimum atomic E-state index is -0.0645. The van der Waals surface area contributed by atoms with E-state index < -0.39 is 0 Å². The zero-order valence-corrected chi connectivity index (χ0v) is 14.7. The van der Waals surface area contributed by atoms with E-state index in [-0.39, 0.29) is 23.3 Å². The van der Waals surface area contributed by atoms with Gasteiger partial charge in [0.2, 0.25) is 0 Å². The number of nitrogens with one attached hydrogen (secondary N) is 1. The van der Waals surface area contributed by atoms with E-state index in [0.29, 0.717) is 24.3 Å². The second-order valence-corrected chi connectivity index (χ2v) is 7.16. The molecule has 1 aliphatic heterocycles. The Morgan fingerprint density at radius 1 is 1.15 bits per heavy atom. The lowest BCUT2D eigenvalue weighted by Crippen LogP contribution is -2.42. The van der Waals surface area contributed by atoms with E-state index in [4.69, 9.17) is 0 Å². The number of carbonyl (C=O) groups excluding carboxylic acids is 2. The number of hydrogen-bond donors (Lipinski definition) is 1. The van der Waals surface area contributed by atoms with Crippen molar-refractivity contribution in [2.75, 3.05) is 13.1 Å². The van der Waals surface area contributed by atoms with Gasteiger partial charge in [-0.05, 0) is 43.7 Å². The van der Waals surface area contributed by atoms with Crippen LogP contribution in [0.1, 0.15) is 45.8 Å². The summed E-state index contributed by atoms with van der Waals surface area (Å²) in [6, 6.07) is 3.63. The highest BCUT2D eigenvalue weighted by atomic mass is 16.2. The standard InChI is InChI=1S/C19H21N5O2/c1-13-11-22-15(12-21-13)18(26)24-8-4-19(5-9-24)10-16(19)23-17(25)14-2-6-20-7-3-14/h2-3,6-7,11-12,16H,4-5,8-10H2,1H3,(H,23,25). The monoisotopic (exact) mass is 351 g/mol. The Hall–Kier alpha value is -2.83. The van der Waals surface area contributed by atoms with Gasteiger partial charge in [-0.1, -0.05) is 0 Å². The number of nitrogens with zero attached hydrogens (tertiary/aromatic N) is 4. The minimum absolute atomic E-state index is 0.0530. The molecule has 0 radical (unpaired) electrons. The number of hydrogen-bond acceptors (Lipinski definition) is 5. The summed E-state index contributed by atoms with van der Waals surface area (Å²) >= 11 is 0. The highest BCUT2D eigenvalue weighted by molar-refractivity contribution is 5.94. The van der Waals surface area contributed by atoms with Crippen molar-refractivity contribution >= 4 is 11.8 Å². The van der Waals surface area contributed by atoms with Crippen LogP contribution < -0.4 is 5.32 Å². The van der Waals surface area contributed by atoms with Gasteiger partial charge in [-0.2, -0.15) is 0 Å². The topological polar surface area (TPSA) is 88.1 Å². The van der Waals surface area contributed by atoms with Crippen LogP contribution in [0.2, 0.25) is 0 Å². The zero-order valence-electron chi connectivity index (χ0n) is 14.7. The van der Waals surface area contributed by atoms with Crippen molar-refractivity contribution in [3.8, 4) is 0 Å². The Labute approximate surface area is 151 Å². The van der Waals surface area contributed by atoms with Crippen LogP contribution in [-0.2, 0) is 0 Å². The molecule has 134 valence electrons. The molecule has 0 aromatic carbocycles. The first-order valence-corrected chi connectivity index (χ1v) is 8.86. The van der Waals surface area contributed by atoms with Gasteiger partial charge in [-0.3, -0.25) is 19.6 Å². The van der Waals surface area contributed by atoms with Crippen molar-refractivity contribution in [1.82, 2.24) is 25.2 Å². The molecule has 7 nitrogen and oxygen atoms in total. The fraction of sp³-hybridized carbons (Fsp3) is 0.421. The molecule has 2 aromatic heterocycles. The second kappa shape index (κ2) is 6.48. The van der Waals surface area contributed by atoms with Crippen LogP contribution in [0.25, 0.3) is 0 Å². The SMILES string of the molecule is Cc1cnc(C(=O)N2CCC3(CC2)CC3NC(=O)c2ccncc2)cn1. The summed E-state index contributed by atoms with van der Waals surface area (Å²) in [7, 11) is 0. The average Bonchev–Trinajstić information content (AvgIpc) is 3.34. The number of carbonyl (C=O) groups is 2. The fourth-order valence-electron chi connectivity index (χ4n) is 3.67. The normalized spacial score (nSPS) is 20.7. The minimum Gasteiger partial charge on any atom is -0.349 e. The number of likely N-dealkylation sites (tertiary alicyclic amines) is 1. The summed E-state index contributed by atoms with van der Waals surface area (Å²) in [5, 5.41) is 3.12. The van der Waals surface area contributed by atoms with E-state index >= 15 is 0 Å². The average molecular weight is 351 g/mol. The molecule has 1 unspecified atom stereocenters. The highest BCUT2D eigenvalue weighted by Crippen LogP contribution is 2.54. The summed E-state index contributed by atoms with van der Waals surface area (Å²) in [5.41, 5.74) is 1.96. The predicted octanol–water partition coefficient (Wildman–Crippen LogP) is 1.60. The van der Waals surface area contributed by atoms with E-state index in [0.717, 1.165) is 25.0 Å². The molecule has 4 rings (SSSR count). The number of piperidine rings is 1. The maximum Gasteiger partial charge on any atom is 0.274 e. The fourth-order valence-corrected chi connectivity index (χ4v) is 3.67. The third-order valence-corrected chi connectivity index (χ3v) is 5.48. The molecule has 1 saturated carbocycles. The Bertz CT molecular complexity index is 814. The summed E-state index contributed by atoms with van der Waals surface area (Å²) < 4.78 is 0. The van der Waals surface area contributed by atoms with Gasteiger partial charge in [0.15, 0.2) is 0 Å². The van der Waals surface area contributed by atoms with E-state index in [1.165, 1.54) is 6.20 Å². The van der Waals surface area contributed by atoms with E-state index in [1.807, 2.05) is 11.8 Å². The van der Waals surface area contributed by atoms with Crippen LogP contribution in [-0.4, -0.2) is 50.8 Å². The molecular weight excluding hydrogens is 330 g/mol. The Morgan fingerprint density at radius 3 is 2.54 bits per heavy atom. The molecular formula is C19H21N5O2. The van der Waals surface area contributed by atoms with Crippen LogP contribution in [0.4, 0.5) is 0 Å². The largest absolute Gasteiger partial charge is 0.349 e. The Kier molecular flexibility index (Phi) is 4.14. The third-order valence-electron chi connectivity index (χ3n) is 5.48. The number of amides is 2. The van der Waals surface area contributed by atoms with Crippen molar-refractivity contribution < 1.29 is 9.59 Å². The number of rotatable bonds is 3. The first kappa shape index (κ1) is 16.6. The molecule has 2 fully saturated rings. The number of aryl methyl sites for hydroxylation is 1.